The SMILES string of the molecule is CCCc1nc(-c2ccc(C)c(Br)c2)nc(Cl)c1Br. The molecule has 0 bridgehead atoms. The van der Waals surface area contributed by atoms with Crippen LogP contribution in [-0.2, 0) is 6.42 Å². The first-order valence-corrected chi connectivity index (χ1v) is 7.97. The van der Waals surface area contributed by atoms with Gasteiger partial charge in [0.15, 0.2) is 5.82 Å². The van der Waals surface area contributed by atoms with Crippen molar-refractivity contribution in [1.82, 2.24) is 9.97 Å². The number of aromatic nitrogens is 2. The van der Waals surface area contributed by atoms with E-state index < -0.39 is 0 Å². The lowest BCUT2D eigenvalue weighted by Crippen LogP contribution is -1.98. The molecule has 100 valence electrons. The van der Waals surface area contributed by atoms with Crippen LogP contribution in [0.5, 0.6) is 0 Å². The van der Waals surface area contributed by atoms with Crippen LogP contribution >= 0.6 is 43.5 Å². The molecule has 0 saturated carbocycles. The number of benzene rings is 1. The summed E-state index contributed by atoms with van der Waals surface area (Å²) >= 11 is 13.1. The van der Waals surface area contributed by atoms with E-state index in [1.807, 2.05) is 25.1 Å². The second-order valence-electron chi connectivity index (χ2n) is 4.31. The number of rotatable bonds is 3. The first-order chi connectivity index (χ1) is 9.02. The van der Waals surface area contributed by atoms with Crippen molar-refractivity contribution in [2.75, 3.05) is 0 Å². The largest absolute Gasteiger partial charge is 0.232 e. The molecule has 0 saturated heterocycles. The van der Waals surface area contributed by atoms with E-state index in [-0.39, 0.29) is 0 Å². The third-order valence-corrected chi connectivity index (χ3v) is 4.99. The molecule has 0 radical (unpaired) electrons. The van der Waals surface area contributed by atoms with Gasteiger partial charge in [0.25, 0.3) is 0 Å². The van der Waals surface area contributed by atoms with Gasteiger partial charge in [0.2, 0.25) is 0 Å². The quantitative estimate of drug-likeness (QED) is 0.624. The Kier molecular flexibility index (Phi) is 4.98. The number of nitrogens with zero attached hydrogens (tertiary/aromatic N) is 2. The third-order valence-electron chi connectivity index (χ3n) is 2.80. The van der Waals surface area contributed by atoms with E-state index in [1.54, 1.807) is 0 Å². The smallest absolute Gasteiger partial charge is 0.161 e. The summed E-state index contributed by atoms with van der Waals surface area (Å²) in [6.07, 6.45) is 1.89. The average Bonchev–Trinajstić information content (AvgIpc) is 2.38. The van der Waals surface area contributed by atoms with Gasteiger partial charge in [0, 0.05) is 10.0 Å². The molecule has 1 aromatic carbocycles. The lowest BCUT2D eigenvalue weighted by atomic mass is 10.1. The van der Waals surface area contributed by atoms with E-state index in [1.165, 1.54) is 5.56 Å². The molecule has 0 atom stereocenters. The summed E-state index contributed by atoms with van der Waals surface area (Å²) in [7, 11) is 0. The van der Waals surface area contributed by atoms with Gasteiger partial charge in [0.05, 0.1) is 10.2 Å². The zero-order chi connectivity index (χ0) is 14.0. The highest BCUT2D eigenvalue weighted by Crippen LogP contribution is 2.29. The maximum atomic E-state index is 6.17. The number of halogens is 3. The standard InChI is InChI=1S/C14H13Br2ClN2/c1-3-4-11-12(16)13(17)19-14(18-11)9-6-5-8(2)10(15)7-9/h5-7H,3-4H2,1-2H3. The first kappa shape index (κ1) is 14.9. The van der Waals surface area contributed by atoms with Gasteiger partial charge in [-0.05, 0) is 40.9 Å². The Morgan fingerprint density at radius 1 is 1.21 bits per heavy atom. The summed E-state index contributed by atoms with van der Waals surface area (Å²) < 4.78 is 1.84. The van der Waals surface area contributed by atoms with Crippen molar-refractivity contribution >= 4 is 43.5 Å². The highest BCUT2D eigenvalue weighted by atomic mass is 79.9. The highest BCUT2D eigenvalue weighted by Gasteiger charge is 2.12. The molecule has 0 amide bonds. The van der Waals surface area contributed by atoms with Crippen molar-refractivity contribution in [3.8, 4) is 11.4 Å². The van der Waals surface area contributed by atoms with E-state index >= 15 is 0 Å². The van der Waals surface area contributed by atoms with Crippen molar-refractivity contribution in [2.45, 2.75) is 26.7 Å². The van der Waals surface area contributed by atoms with Crippen LogP contribution in [0.1, 0.15) is 24.6 Å². The molecule has 5 heteroatoms. The minimum Gasteiger partial charge on any atom is -0.232 e. The van der Waals surface area contributed by atoms with Gasteiger partial charge in [-0.2, -0.15) is 0 Å². The van der Waals surface area contributed by atoms with Crippen LogP contribution in [0.3, 0.4) is 0 Å². The van der Waals surface area contributed by atoms with E-state index in [4.69, 9.17) is 11.6 Å². The van der Waals surface area contributed by atoms with Crippen molar-refractivity contribution in [3.63, 3.8) is 0 Å². The predicted molar refractivity (Wildman–Crippen MR) is 86.6 cm³/mol. The second-order valence-corrected chi connectivity index (χ2v) is 6.32. The fourth-order valence-corrected chi connectivity index (χ4v) is 2.67. The monoisotopic (exact) mass is 402 g/mol. The maximum absolute atomic E-state index is 6.17. The Labute approximate surface area is 134 Å². The van der Waals surface area contributed by atoms with E-state index in [0.29, 0.717) is 11.0 Å². The first-order valence-electron chi connectivity index (χ1n) is 6.01. The normalized spacial score (nSPS) is 10.8. The average molecular weight is 405 g/mol. The van der Waals surface area contributed by atoms with Crippen molar-refractivity contribution in [2.24, 2.45) is 0 Å². The van der Waals surface area contributed by atoms with Crippen LogP contribution in [0.4, 0.5) is 0 Å². The molecular weight excluding hydrogens is 391 g/mol. The molecule has 0 aliphatic carbocycles. The molecule has 0 unspecified atom stereocenters. The summed E-state index contributed by atoms with van der Waals surface area (Å²) in [6, 6.07) is 6.07. The maximum Gasteiger partial charge on any atom is 0.161 e. The lowest BCUT2D eigenvalue weighted by Gasteiger charge is -2.08. The summed E-state index contributed by atoms with van der Waals surface area (Å²) in [5.41, 5.74) is 3.10. The molecule has 2 aromatic rings. The predicted octanol–water partition coefficient (Wildman–Crippen LogP) is 5.58. The fraction of sp³-hybridized carbons (Fsp3) is 0.286. The van der Waals surface area contributed by atoms with Crippen LogP contribution in [-0.4, -0.2) is 9.97 Å². The van der Waals surface area contributed by atoms with Gasteiger partial charge in [-0.15, -0.1) is 0 Å². The van der Waals surface area contributed by atoms with Gasteiger partial charge < -0.3 is 0 Å². The summed E-state index contributed by atoms with van der Waals surface area (Å²) in [4.78, 5) is 8.94. The zero-order valence-corrected chi connectivity index (χ0v) is 14.6. The molecule has 0 spiro atoms. The zero-order valence-electron chi connectivity index (χ0n) is 10.7. The van der Waals surface area contributed by atoms with Crippen LogP contribution < -0.4 is 0 Å². The Balaban J connectivity index is 2.52. The number of hydrogen-bond donors (Lipinski definition) is 0. The molecule has 1 heterocycles. The minimum atomic E-state index is 0.463. The third kappa shape index (κ3) is 3.36. The fourth-order valence-electron chi connectivity index (χ4n) is 1.73. The Hall–Kier alpha value is -0.450. The summed E-state index contributed by atoms with van der Waals surface area (Å²) in [5.74, 6) is 0.664. The van der Waals surface area contributed by atoms with Crippen molar-refractivity contribution < 1.29 is 0 Å². The Morgan fingerprint density at radius 3 is 2.58 bits per heavy atom. The second kappa shape index (κ2) is 6.33. The van der Waals surface area contributed by atoms with E-state index in [2.05, 4.69) is 48.8 Å². The number of aryl methyl sites for hydroxylation is 2. The van der Waals surface area contributed by atoms with Crippen molar-refractivity contribution in [1.29, 1.82) is 0 Å². The Morgan fingerprint density at radius 2 is 1.95 bits per heavy atom. The minimum absolute atomic E-state index is 0.463. The molecule has 0 aliphatic heterocycles. The Bertz CT molecular complexity index is 615. The van der Waals surface area contributed by atoms with Crippen LogP contribution in [0.2, 0.25) is 5.15 Å². The van der Waals surface area contributed by atoms with Crippen molar-refractivity contribution in [3.05, 3.63) is 43.6 Å². The van der Waals surface area contributed by atoms with Gasteiger partial charge >= 0.3 is 0 Å². The van der Waals surface area contributed by atoms with Gasteiger partial charge in [-0.25, -0.2) is 9.97 Å². The van der Waals surface area contributed by atoms with Crippen LogP contribution in [0.25, 0.3) is 11.4 Å². The van der Waals surface area contributed by atoms with Gasteiger partial charge in [-0.3, -0.25) is 0 Å². The van der Waals surface area contributed by atoms with Crippen LogP contribution in [0, 0.1) is 6.92 Å². The molecule has 0 N–H and O–H groups in total. The van der Waals surface area contributed by atoms with E-state index in [9.17, 15) is 0 Å². The molecule has 19 heavy (non-hydrogen) atoms. The highest BCUT2D eigenvalue weighted by molar-refractivity contribution is 9.10. The van der Waals surface area contributed by atoms with Gasteiger partial charge in [0.1, 0.15) is 5.15 Å². The van der Waals surface area contributed by atoms with Crippen LogP contribution in [0.15, 0.2) is 27.1 Å². The lowest BCUT2D eigenvalue weighted by molar-refractivity contribution is 0.868. The molecule has 2 nitrogen and oxygen atoms in total. The summed E-state index contributed by atoms with van der Waals surface area (Å²) in [6.45, 7) is 4.16. The van der Waals surface area contributed by atoms with Gasteiger partial charge in [-0.1, -0.05) is 53.0 Å². The van der Waals surface area contributed by atoms with E-state index in [0.717, 1.165) is 33.0 Å². The molecule has 0 fully saturated rings. The molecule has 2 rings (SSSR count). The molecule has 0 aliphatic rings. The summed E-state index contributed by atoms with van der Waals surface area (Å²) in [5, 5.41) is 0.463. The molecule has 1 aromatic heterocycles. The topological polar surface area (TPSA) is 25.8 Å². The number of hydrogen-bond acceptors (Lipinski definition) is 2. The molecular formula is C14H13Br2ClN2.